The first-order valence-corrected chi connectivity index (χ1v) is 12.6. The molecule has 4 rings (SSSR count). The summed E-state index contributed by atoms with van der Waals surface area (Å²) < 4.78 is 26.0. The Labute approximate surface area is 212 Å². The van der Waals surface area contributed by atoms with Gasteiger partial charge >= 0.3 is 0 Å². The quantitative estimate of drug-likeness (QED) is 0.308. The molecule has 0 aliphatic carbocycles. The molecule has 35 heavy (non-hydrogen) atoms. The van der Waals surface area contributed by atoms with Crippen molar-refractivity contribution >= 4 is 56.2 Å². The number of anilines is 2. The van der Waals surface area contributed by atoms with Gasteiger partial charge in [0.25, 0.3) is 11.8 Å². The van der Waals surface area contributed by atoms with Gasteiger partial charge < -0.3 is 10.6 Å². The van der Waals surface area contributed by atoms with Crippen LogP contribution in [0, 0.1) is 0 Å². The normalized spacial score (nSPS) is 11.0. The van der Waals surface area contributed by atoms with Crippen LogP contribution in [-0.4, -0.2) is 20.2 Å². The minimum absolute atomic E-state index is 0.0639. The van der Waals surface area contributed by atoms with Crippen LogP contribution in [0.4, 0.5) is 11.4 Å². The summed E-state index contributed by atoms with van der Waals surface area (Å²) in [6.45, 7) is 0. The molecule has 9 heteroatoms. The lowest BCUT2D eigenvalue weighted by molar-refractivity contribution is 0.101. The summed E-state index contributed by atoms with van der Waals surface area (Å²) in [5.41, 5.74) is 1.65. The SMILES string of the molecule is O=C(Nc1ccc(S(=O)(=O)c2ccc(NC(=O)c3cccc(Cl)c3)cc2)cc1)c1cccc(Cl)c1. The molecule has 0 atom stereocenters. The van der Waals surface area contributed by atoms with Crippen LogP contribution in [0.5, 0.6) is 0 Å². The first-order chi connectivity index (χ1) is 16.7. The van der Waals surface area contributed by atoms with Crippen LogP contribution in [0.3, 0.4) is 0 Å². The highest BCUT2D eigenvalue weighted by atomic mass is 35.5. The number of nitrogens with one attached hydrogen (secondary N) is 2. The largest absolute Gasteiger partial charge is 0.322 e. The summed E-state index contributed by atoms with van der Waals surface area (Å²) in [6.07, 6.45) is 0. The molecule has 0 saturated carbocycles. The Morgan fingerprint density at radius 3 is 1.29 bits per heavy atom. The molecule has 0 heterocycles. The highest BCUT2D eigenvalue weighted by Crippen LogP contribution is 2.24. The lowest BCUT2D eigenvalue weighted by atomic mass is 10.2. The van der Waals surface area contributed by atoms with E-state index in [1.54, 1.807) is 36.4 Å². The van der Waals surface area contributed by atoms with Crippen molar-refractivity contribution in [1.82, 2.24) is 0 Å². The van der Waals surface area contributed by atoms with Gasteiger partial charge in [-0.05, 0) is 84.9 Å². The third-order valence-corrected chi connectivity index (χ3v) is 7.27. The van der Waals surface area contributed by atoms with E-state index in [4.69, 9.17) is 23.2 Å². The van der Waals surface area contributed by atoms with Crippen molar-refractivity contribution in [3.05, 3.63) is 118 Å². The molecule has 0 aliphatic heterocycles. The third kappa shape index (κ3) is 5.89. The molecule has 0 aliphatic rings. The van der Waals surface area contributed by atoms with Gasteiger partial charge in [0.2, 0.25) is 9.84 Å². The fraction of sp³-hybridized carbons (Fsp3) is 0. The van der Waals surface area contributed by atoms with E-state index in [-0.39, 0.29) is 21.6 Å². The summed E-state index contributed by atoms with van der Waals surface area (Å²) in [5.74, 6) is -0.725. The standard InChI is InChI=1S/C26H18Cl2N2O4S/c27-19-5-1-3-17(15-19)25(31)29-21-7-11-23(12-8-21)35(33,34)24-13-9-22(10-14-24)30-26(32)18-4-2-6-20(28)16-18/h1-16H,(H,29,31)(H,30,32). The molecule has 0 saturated heterocycles. The number of benzene rings is 4. The second kappa shape index (κ2) is 10.3. The van der Waals surface area contributed by atoms with Crippen molar-refractivity contribution in [1.29, 1.82) is 0 Å². The molecular formula is C26H18Cl2N2O4S. The van der Waals surface area contributed by atoms with E-state index in [9.17, 15) is 18.0 Å². The number of hydrogen-bond donors (Lipinski definition) is 2. The lowest BCUT2D eigenvalue weighted by Gasteiger charge is -2.09. The van der Waals surface area contributed by atoms with E-state index in [1.165, 1.54) is 60.7 Å². The molecule has 0 aromatic heterocycles. The second-order valence-electron chi connectivity index (χ2n) is 7.48. The predicted molar refractivity (Wildman–Crippen MR) is 137 cm³/mol. The Morgan fingerprint density at radius 2 is 0.943 bits per heavy atom. The highest BCUT2D eigenvalue weighted by Gasteiger charge is 2.18. The van der Waals surface area contributed by atoms with Crippen molar-refractivity contribution in [2.24, 2.45) is 0 Å². The first kappa shape index (κ1) is 24.5. The number of carbonyl (C=O) groups is 2. The van der Waals surface area contributed by atoms with Crippen LogP contribution in [0.2, 0.25) is 10.0 Å². The first-order valence-electron chi connectivity index (χ1n) is 10.3. The highest BCUT2D eigenvalue weighted by molar-refractivity contribution is 7.91. The Balaban J connectivity index is 1.45. The maximum absolute atomic E-state index is 13.0. The maximum atomic E-state index is 13.0. The van der Waals surface area contributed by atoms with Crippen LogP contribution in [-0.2, 0) is 9.84 Å². The zero-order valence-electron chi connectivity index (χ0n) is 18.0. The van der Waals surface area contributed by atoms with Crippen molar-refractivity contribution in [3.63, 3.8) is 0 Å². The molecule has 4 aromatic rings. The molecule has 0 spiro atoms. The molecule has 0 fully saturated rings. The zero-order valence-corrected chi connectivity index (χ0v) is 20.4. The monoisotopic (exact) mass is 524 g/mol. The Morgan fingerprint density at radius 1 is 0.571 bits per heavy atom. The van der Waals surface area contributed by atoms with Gasteiger partial charge in [0.05, 0.1) is 9.79 Å². The van der Waals surface area contributed by atoms with Gasteiger partial charge in [0.1, 0.15) is 0 Å². The van der Waals surface area contributed by atoms with Crippen LogP contribution in [0.25, 0.3) is 0 Å². The van der Waals surface area contributed by atoms with Gasteiger partial charge in [-0.25, -0.2) is 8.42 Å². The molecule has 4 aromatic carbocycles. The van der Waals surface area contributed by atoms with Gasteiger partial charge in [0.15, 0.2) is 0 Å². The van der Waals surface area contributed by atoms with Crippen LogP contribution < -0.4 is 10.6 Å². The predicted octanol–water partition coefficient (Wildman–Crippen LogP) is 6.33. The molecule has 0 bridgehead atoms. The van der Waals surface area contributed by atoms with E-state index in [0.29, 0.717) is 32.5 Å². The summed E-state index contributed by atoms with van der Waals surface area (Å²) >= 11 is 11.8. The minimum Gasteiger partial charge on any atom is -0.322 e. The van der Waals surface area contributed by atoms with Crippen molar-refractivity contribution in [2.45, 2.75) is 9.79 Å². The van der Waals surface area contributed by atoms with Crippen molar-refractivity contribution in [2.75, 3.05) is 10.6 Å². The topological polar surface area (TPSA) is 92.3 Å². The number of hydrogen-bond acceptors (Lipinski definition) is 4. The molecule has 2 amide bonds. The van der Waals surface area contributed by atoms with Gasteiger partial charge in [-0.3, -0.25) is 9.59 Å². The van der Waals surface area contributed by atoms with Gasteiger partial charge in [-0.15, -0.1) is 0 Å². The molecular weight excluding hydrogens is 507 g/mol. The Hall–Kier alpha value is -3.65. The van der Waals surface area contributed by atoms with Crippen LogP contribution in [0.15, 0.2) is 107 Å². The number of carbonyl (C=O) groups excluding carboxylic acids is 2. The number of sulfone groups is 1. The Kier molecular flexibility index (Phi) is 7.21. The average Bonchev–Trinajstić information content (AvgIpc) is 2.85. The summed E-state index contributed by atoms with van der Waals surface area (Å²) in [5, 5.41) is 6.29. The molecule has 2 N–H and O–H groups in total. The summed E-state index contributed by atoms with van der Waals surface area (Å²) in [7, 11) is -3.81. The zero-order chi connectivity index (χ0) is 25.0. The molecule has 176 valence electrons. The Bertz CT molecular complexity index is 1390. The summed E-state index contributed by atoms with van der Waals surface area (Å²) in [6, 6.07) is 24.7. The van der Waals surface area contributed by atoms with Crippen LogP contribution >= 0.6 is 23.2 Å². The third-order valence-electron chi connectivity index (χ3n) is 5.02. The fourth-order valence-corrected chi connectivity index (χ4v) is 4.88. The van der Waals surface area contributed by atoms with Crippen LogP contribution in [0.1, 0.15) is 20.7 Å². The average molecular weight is 525 g/mol. The number of amides is 2. The number of rotatable bonds is 6. The summed E-state index contributed by atoms with van der Waals surface area (Å²) in [4.78, 5) is 24.8. The molecule has 0 unspecified atom stereocenters. The lowest BCUT2D eigenvalue weighted by Crippen LogP contribution is -2.12. The molecule has 6 nitrogen and oxygen atoms in total. The fourth-order valence-electron chi connectivity index (χ4n) is 3.24. The van der Waals surface area contributed by atoms with E-state index in [2.05, 4.69) is 10.6 Å². The second-order valence-corrected chi connectivity index (χ2v) is 10.3. The maximum Gasteiger partial charge on any atom is 0.255 e. The minimum atomic E-state index is -3.81. The molecule has 0 radical (unpaired) electrons. The van der Waals surface area contributed by atoms with Gasteiger partial charge in [-0.2, -0.15) is 0 Å². The van der Waals surface area contributed by atoms with Crippen molar-refractivity contribution in [3.8, 4) is 0 Å². The van der Waals surface area contributed by atoms with E-state index in [0.717, 1.165) is 0 Å². The number of halogens is 2. The van der Waals surface area contributed by atoms with Gasteiger partial charge in [-0.1, -0.05) is 35.3 Å². The van der Waals surface area contributed by atoms with E-state index >= 15 is 0 Å². The van der Waals surface area contributed by atoms with Gasteiger partial charge in [0, 0.05) is 32.5 Å². The smallest absolute Gasteiger partial charge is 0.255 e. The van der Waals surface area contributed by atoms with Crippen molar-refractivity contribution < 1.29 is 18.0 Å². The van der Waals surface area contributed by atoms with E-state index < -0.39 is 9.84 Å². The van der Waals surface area contributed by atoms with E-state index in [1.807, 2.05) is 0 Å².